The lowest BCUT2D eigenvalue weighted by molar-refractivity contribution is -0.299. The largest absolute Gasteiger partial charge is 0.345 e. The Kier molecular flexibility index (Phi) is 4.79. The van der Waals surface area contributed by atoms with E-state index in [1.165, 1.54) is 17.4 Å². The lowest BCUT2D eigenvalue weighted by Gasteiger charge is -2.29. The van der Waals surface area contributed by atoms with Gasteiger partial charge in [0, 0.05) is 0 Å². The van der Waals surface area contributed by atoms with Crippen LogP contribution in [0.3, 0.4) is 0 Å². The van der Waals surface area contributed by atoms with E-state index in [-0.39, 0.29) is 6.10 Å². The molecule has 0 spiro atoms. The Morgan fingerprint density at radius 1 is 1.28 bits per heavy atom. The van der Waals surface area contributed by atoms with Gasteiger partial charge in [0.05, 0.1) is 0 Å². The summed E-state index contributed by atoms with van der Waals surface area (Å²) < 4.78 is 0. The lowest BCUT2D eigenvalue weighted by Crippen LogP contribution is -2.31. The van der Waals surface area contributed by atoms with E-state index in [2.05, 4.69) is 43.1 Å². The quantitative estimate of drug-likeness (QED) is 0.492. The van der Waals surface area contributed by atoms with Crippen LogP contribution < -0.4 is 5.32 Å². The minimum absolute atomic E-state index is 0.00861. The maximum absolute atomic E-state index is 5.51. The number of piperidine rings is 1. The van der Waals surface area contributed by atoms with E-state index in [1.807, 2.05) is 0 Å². The van der Waals surface area contributed by atoms with E-state index in [0.29, 0.717) is 5.92 Å². The van der Waals surface area contributed by atoms with Crippen LogP contribution in [0.1, 0.15) is 30.1 Å². The average molecular weight is 247 g/mol. The summed E-state index contributed by atoms with van der Waals surface area (Å²) in [5.74, 6) is 0.494. The second-order valence-electron chi connectivity index (χ2n) is 4.78. The van der Waals surface area contributed by atoms with Crippen LogP contribution in [-0.4, -0.2) is 13.1 Å². The molecule has 3 heteroatoms. The zero-order chi connectivity index (χ0) is 12.8. The molecule has 1 unspecified atom stereocenters. The molecule has 0 aliphatic carbocycles. The zero-order valence-corrected chi connectivity index (χ0v) is 10.9. The molecule has 0 radical (unpaired) electrons. The molecule has 1 heterocycles. The van der Waals surface area contributed by atoms with Gasteiger partial charge in [0.25, 0.3) is 0 Å². The van der Waals surface area contributed by atoms with Crippen LogP contribution in [0.25, 0.3) is 0 Å². The Bertz CT molecular complexity index is 369. The first-order chi connectivity index (χ1) is 8.81. The molecule has 18 heavy (non-hydrogen) atoms. The van der Waals surface area contributed by atoms with Gasteiger partial charge in [-0.05, 0) is 44.3 Å². The molecule has 1 fully saturated rings. The van der Waals surface area contributed by atoms with E-state index < -0.39 is 0 Å². The van der Waals surface area contributed by atoms with Crippen LogP contribution >= 0.6 is 0 Å². The van der Waals surface area contributed by atoms with Gasteiger partial charge >= 0.3 is 0 Å². The lowest BCUT2D eigenvalue weighted by atomic mass is 9.88. The smallest absolute Gasteiger partial charge is 0.132 e. The van der Waals surface area contributed by atoms with Crippen molar-refractivity contribution in [1.82, 2.24) is 5.32 Å². The number of hydrogen-bond acceptors (Lipinski definition) is 3. The van der Waals surface area contributed by atoms with E-state index in [1.54, 1.807) is 0 Å². The summed E-state index contributed by atoms with van der Waals surface area (Å²) in [5, 5.41) is 3.37. The minimum atomic E-state index is -0.00861. The van der Waals surface area contributed by atoms with Crippen molar-refractivity contribution in [3.05, 3.63) is 48.2 Å². The molecule has 1 N–H and O–H groups in total. The third-order valence-electron chi connectivity index (χ3n) is 3.45. The van der Waals surface area contributed by atoms with Gasteiger partial charge in [-0.1, -0.05) is 36.4 Å². The number of hydrogen-bond donors (Lipinski definition) is 1. The van der Waals surface area contributed by atoms with Crippen molar-refractivity contribution in [3.63, 3.8) is 0 Å². The molecule has 1 aromatic rings. The summed E-state index contributed by atoms with van der Waals surface area (Å²) in [5.41, 5.74) is 2.43. The van der Waals surface area contributed by atoms with Gasteiger partial charge in [0.1, 0.15) is 12.4 Å². The highest BCUT2D eigenvalue weighted by molar-refractivity contribution is 5.23. The molecule has 0 amide bonds. The Labute approximate surface area is 109 Å². The van der Waals surface area contributed by atoms with Gasteiger partial charge in [0.15, 0.2) is 0 Å². The monoisotopic (exact) mass is 247 g/mol. The zero-order valence-electron chi connectivity index (χ0n) is 10.9. The highest BCUT2D eigenvalue weighted by Crippen LogP contribution is 2.32. The second kappa shape index (κ2) is 6.57. The molecular formula is C15H21NO2. The molecule has 0 aromatic heterocycles. The molecule has 98 valence electrons. The molecule has 1 aliphatic rings. The molecule has 0 saturated carbocycles. The summed E-state index contributed by atoms with van der Waals surface area (Å²) in [6.07, 6.45) is 3.55. The van der Waals surface area contributed by atoms with E-state index in [9.17, 15) is 0 Å². The summed E-state index contributed by atoms with van der Waals surface area (Å²) >= 11 is 0. The fraction of sp³-hybridized carbons (Fsp3) is 0.467. The maximum Gasteiger partial charge on any atom is 0.132 e. The normalized spacial score (nSPS) is 18.3. The molecule has 1 aromatic carbocycles. The first-order valence-corrected chi connectivity index (χ1v) is 6.51. The molecule has 1 aliphatic heterocycles. The van der Waals surface area contributed by atoms with E-state index >= 15 is 0 Å². The van der Waals surface area contributed by atoms with Crippen LogP contribution in [0.15, 0.2) is 37.1 Å². The van der Waals surface area contributed by atoms with Crippen molar-refractivity contribution >= 4 is 0 Å². The molecular weight excluding hydrogens is 226 g/mol. The van der Waals surface area contributed by atoms with Crippen LogP contribution in [0.4, 0.5) is 0 Å². The SMILES string of the molecule is C=COOC(c1ccc(C)cc1)C1CCNCC1. The average Bonchev–Trinajstić information content (AvgIpc) is 2.42. The minimum Gasteiger partial charge on any atom is -0.345 e. The number of aryl methyl sites for hydroxylation is 1. The van der Waals surface area contributed by atoms with Gasteiger partial charge in [0.2, 0.25) is 0 Å². The van der Waals surface area contributed by atoms with Crippen LogP contribution in [0, 0.1) is 12.8 Å². The molecule has 1 atom stereocenters. The summed E-state index contributed by atoms with van der Waals surface area (Å²) in [4.78, 5) is 10.5. The standard InChI is InChI=1S/C15H21NO2/c1-3-17-18-15(14-8-10-16-11-9-14)13-6-4-12(2)5-7-13/h3-7,14-16H,1,8-11H2,2H3. The molecule has 0 bridgehead atoms. The number of nitrogens with one attached hydrogen (secondary N) is 1. The van der Waals surface area contributed by atoms with Gasteiger partial charge in [-0.3, -0.25) is 0 Å². The first kappa shape index (κ1) is 13.1. The van der Waals surface area contributed by atoms with Gasteiger partial charge in [-0.2, -0.15) is 4.89 Å². The summed E-state index contributed by atoms with van der Waals surface area (Å²) in [6.45, 7) is 7.71. The predicted octanol–water partition coefficient (Wildman–Crippen LogP) is 3.13. The van der Waals surface area contributed by atoms with Crippen molar-refractivity contribution in [2.45, 2.75) is 25.9 Å². The number of benzene rings is 1. The fourth-order valence-corrected chi connectivity index (χ4v) is 2.41. The van der Waals surface area contributed by atoms with Crippen molar-refractivity contribution < 1.29 is 9.78 Å². The number of rotatable bonds is 5. The van der Waals surface area contributed by atoms with Crippen LogP contribution in [-0.2, 0) is 9.78 Å². The third-order valence-corrected chi connectivity index (χ3v) is 3.45. The van der Waals surface area contributed by atoms with Gasteiger partial charge in [-0.25, -0.2) is 0 Å². The summed E-state index contributed by atoms with van der Waals surface area (Å²) in [6, 6.07) is 8.46. The third kappa shape index (κ3) is 3.34. The van der Waals surface area contributed by atoms with Crippen molar-refractivity contribution in [3.8, 4) is 0 Å². The van der Waals surface area contributed by atoms with E-state index in [0.717, 1.165) is 25.9 Å². The highest BCUT2D eigenvalue weighted by atomic mass is 17.2. The Morgan fingerprint density at radius 3 is 2.56 bits per heavy atom. The van der Waals surface area contributed by atoms with Crippen LogP contribution in [0.2, 0.25) is 0 Å². The van der Waals surface area contributed by atoms with Gasteiger partial charge in [-0.15, -0.1) is 0 Å². The second-order valence-corrected chi connectivity index (χ2v) is 4.78. The predicted molar refractivity (Wildman–Crippen MR) is 71.9 cm³/mol. The van der Waals surface area contributed by atoms with Crippen molar-refractivity contribution in [1.29, 1.82) is 0 Å². The Balaban J connectivity index is 2.12. The topological polar surface area (TPSA) is 30.5 Å². The van der Waals surface area contributed by atoms with Crippen molar-refractivity contribution in [2.24, 2.45) is 5.92 Å². The highest BCUT2D eigenvalue weighted by Gasteiger charge is 2.27. The van der Waals surface area contributed by atoms with E-state index in [4.69, 9.17) is 9.78 Å². The Hall–Kier alpha value is -1.32. The molecule has 1 saturated heterocycles. The maximum atomic E-state index is 5.51. The summed E-state index contributed by atoms with van der Waals surface area (Å²) in [7, 11) is 0. The van der Waals surface area contributed by atoms with Gasteiger partial charge < -0.3 is 10.2 Å². The van der Waals surface area contributed by atoms with Crippen molar-refractivity contribution in [2.75, 3.05) is 13.1 Å². The molecule has 2 rings (SSSR count). The fourth-order valence-electron chi connectivity index (χ4n) is 2.41. The first-order valence-electron chi connectivity index (χ1n) is 6.51. The van der Waals surface area contributed by atoms with Crippen LogP contribution in [0.5, 0.6) is 0 Å². The molecule has 3 nitrogen and oxygen atoms in total. The Morgan fingerprint density at radius 2 is 1.94 bits per heavy atom.